The summed E-state index contributed by atoms with van der Waals surface area (Å²) in [5.41, 5.74) is 1.29. The van der Waals surface area contributed by atoms with E-state index in [1.54, 1.807) is 25.1 Å². The van der Waals surface area contributed by atoms with Crippen LogP contribution in [0.4, 0.5) is 0 Å². The first-order valence-corrected chi connectivity index (χ1v) is 6.10. The molecule has 0 aliphatic rings. The molecule has 5 heteroatoms. The van der Waals surface area contributed by atoms with Gasteiger partial charge in [-0.1, -0.05) is 23.2 Å². The van der Waals surface area contributed by atoms with Gasteiger partial charge < -0.3 is 9.84 Å². The van der Waals surface area contributed by atoms with Crippen LogP contribution in [-0.2, 0) is 0 Å². The molecule has 2 aromatic rings. The predicted molar refractivity (Wildman–Crippen MR) is 74.4 cm³/mol. The Bertz CT molecular complexity index is 720. The molecule has 4 nitrogen and oxygen atoms in total. The first-order chi connectivity index (χ1) is 9.51. The molecule has 0 unspecified atom stereocenters. The fraction of sp³-hybridized carbons (Fsp3) is 0.0667. The van der Waals surface area contributed by atoms with E-state index < -0.39 is 5.97 Å². The molecule has 0 aliphatic heterocycles. The zero-order valence-electron chi connectivity index (χ0n) is 10.6. The Morgan fingerprint density at radius 2 is 1.95 bits per heavy atom. The number of carboxylic acid groups (broad SMARTS) is 1. The summed E-state index contributed by atoms with van der Waals surface area (Å²) in [6.45, 7) is 1.80. The summed E-state index contributed by atoms with van der Waals surface area (Å²) >= 11 is 6.00. The van der Waals surface area contributed by atoms with Crippen molar-refractivity contribution >= 4 is 17.6 Å². The molecule has 0 saturated heterocycles. The minimum Gasteiger partial charge on any atom is -0.478 e. The van der Waals surface area contributed by atoms with E-state index in [1.807, 2.05) is 6.07 Å². The molecule has 0 spiro atoms. The van der Waals surface area contributed by atoms with Crippen LogP contribution >= 0.6 is 11.6 Å². The van der Waals surface area contributed by atoms with Crippen LogP contribution in [0.1, 0.15) is 21.5 Å². The summed E-state index contributed by atoms with van der Waals surface area (Å²) in [5, 5.41) is 18.2. The highest BCUT2D eigenvalue weighted by Gasteiger charge is 2.13. The maximum absolute atomic E-state index is 11.2. The quantitative estimate of drug-likeness (QED) is 0.926. The molecule has 2 rings (SSSR count). The van der Waals surface area contributed by atoms with Gasteiger partial charge in [0.2, 0.25) is 0 Å². The maximum Gasteiger partial charge on any atom is 0.339 e. The van der Waals surface area contributed by atoms with Crippen LogP contribution in [0, 0.1) is 18.3 Å². The minimum absolute atomic E-state index is 0.0606. The Balaban J connectivity index is 2.40. The smallest absolute Gasteiger partial charge is 0.339 e. The van der Waals surface area contributed by atoms with Crippen molar-refractivity contribution in [2.45, 2.75) is 6.92 Å². The topological polar surface area (TPSA) is 70.3 Å². The van der Waals surface area contributed by atoms with Crippen LogP contribution in [0.5, 0.6) is 11.5 Å². The average molecular weight is 288 g/mol. The van der Waals surface area contributed by atoms with E-state index in [9.17, 15) is 4.79 Å². The number of rotatable bonds is 3. The summed E-state index contributed by atoms with van der Waals surface area (Å²) in [6, 6.07) is 11.4. The van der Waals surface area contributed by atoms with E-state index >= 15 is 0 Å². The molecule has 0 aliphatic carbocycles. The molecule has 0 atom stereocenters. The molecule has 0 radical (unpaired) electrons. The van der Waals surface area contributed by atoms with Crippen molar-refractivity contribution in [3.05, 3.63) is 58.1 Å². The van der Waals surface area contributed by atoms with Gasteiger partial charge in [-0.3, -0.25) is 0 Å². The fourth-order valence-electron chi connectivity index (χ4n) is 1.67. The lowest BCUT2D eigenvalue weighted by Gasteiger charge is -2.10. The number of aryl methyl sites for hydroxylation is 1. The van der Waals surface area contributed by atoms with Gasteiger partial charge in [0.25, 0.3) is 0 Å². The van der Waals surface area contributed by atoms with Gasteiger partial charge in [-0.2, -0.15) is 5.26 Å². The molecule has 2 aromatic carbocycles. The normalized spacial score (nSPS) is 9.85. The lowest BCUT2D eigenvalue weighted by atomic mass is 10.1. The van der Waals surface area contributed by atoms with Crippen molar-refractivity contribution in [2.24, 2.45) is 0 Å². The molecule has 0 saturated carbocycles. The molecule has 20 heavy (non-hydrogen) atoms. The first kappa shape index (κ1) is 13.9. The van der Waals surface area contributed by atoms with Gasteiger partial charge in [-0.05, 0) is 37.3 Å². The van der Waals surface area contributed by atoms with E-state index in [0.29, 0.717) is 11.3 Å². The number of hydrogen-bond acceptors (Lipinski definition) is 3. The number of nitrogens with zero attached hydrogens (tertiary/aromatic N) is 1. The van der Waals surface area contributed by atoms with Crippen molar-refractivity contribution in [1.29, 1.82) is 5.26 Å². The van der Waals surface area contributed by atoms with E-state index in [-0.39, 0.29) is 16.3 Å². The second-order valence-electron chi connectivity index (χ2n) is 4.16. The second kappa shape index (κ2) is 5.64. The van der Waals surface area contributed by atoms with Gasteiger partial charge in [0.15, 0.2) is 0 Å². The Morgan fingerprint density at radius 1 is 1.25 bits per heavy atom. The Labute approximate surface area is 120 Å². The number of carboxylic acids is 1. The Kier molecular flexibility index (Phi) is 3.92. The highest BCUT2D eigenvalue weighted by atomic mass is 35.5. The molecule has 1 N–H and O–H groups in total. The van der Waals surface area contributed by atoms with Crippen molar-refractivity contribution < 1.29 is 14.6 Å². The second-order valence-corrected chi connectivity index (χ2v) is 4.57. The van der Waals surface area contributed by atoms with Gasteiger partial charge in [-0.15, -0.1) is 0 Å². The van der Waals surface area contributed by atoms with Crippen molar-refractivity contribution in [3.8, 4) is 17.6 Å². The monoisotopic (exact) mass is 287 g/mol. The highest BCUT2D eigenvalue weighted by Crippen LogP contribution is 2.32. The van der Waals surface area contributed by atoms with Gasteiger partial charge in [-0.25, -0.2) is 4.79 Å². The molecule has 100 valence electrons. The predicted octanol–water partition coefficient (Wildman–Crippen LogP) is 4.01. The Hall–Kier alpha value is -2.51. The van der Waals surface area contributed by atoms with Crippen LogP contribution in [0.25, 0.3) is 0 Å². The Morgan fingerprint density at radius 3 is 2.55 bits per heavy atom. The van der Waals surface area contributed by atoms with Crippen LogP contribution in [0.2, 0.25) is 5.02 Å². The summed E-state index contributed by atoms with van der Waals surface area (Å²) in [6.07, 6.45) is 0. The third kappa shape index (κ3) is 2.90. The summed E-state index contributed by atoms with van der Waals surface area (Å²) in [4.78, 5) is 11.2. The van der Waals surface area contributed by atoms with Gasteiger partial charge in [0.05, 0.1) is 16.7 Å². The van der Waals surface area contributed by atoms with Crippen LogP contribution in [0.3, 0.4) is 0 Å². The first-order valence-electron chi connectivity index (χ1n) is 5.72. The summed E-state index contributed by atoms with van der Waals surface area (Å²) in [5.74, 6) is -0.569. The SMILES string of the molecule is Cc1ccc(Oc2ccc(C#N)cc2Cl)c(C(=O)O)c1. The number of nitriles is 1. The average Bonchev–Trinajstić information content (AvgIpc) is 2.42. The van der Waals surface area contributed by atoms with Crippen molar-refractivity contribution in [1.82, 2.24) is 0 Å². The summed E-state index contributed by atoms with van der Waals surface area (Å²) in [7, 11) is 0. The van der Waals surface area contributed by atoms with Crippen LogP contribution in [0.15, 0.2) is 36.4 Å². The minimum atomic E-state index is -1.08. The van der Waals surface area contributed by atoms with E-state index in [0.717, 1.165) is 5.56 Å². The maximum atomic E-state index is 11.2. The molecule has 0 fully saturated rings. The summed E-state index contributed by atoms with van der Waals surface area (Å²) < 4.78 is 5.53. The van der Waals surface area contributed by atoms with Crippen LogP contribution in [-0.4, -0.2) is 11.1 Å². The number of carbonyl (C=O) groups is 1. The zero-order valence-corrected chi connectivity index (χ0v) is 11.3. The van der Waals surface area contributed by atoms with E-state index in [4.69, 9.17) is 26.7 Å². The number of ether oxygens (including phenoxy) is 1. The fourth-order valence-corrected chi connectivity index (χ4v) is 1.89. The van der Waals surface area contributed by atoms with Crippen molar-refractivity contribution in [2.75, 3.05) is 0 Å². The van der Waals surface area contributed by atoms with Gasteiger partial charge >= 0.3 is 5.97 Å². The number of hydrogen-bond donors (Lipinski definition) is 1. The van der Waals surface area contributed by atoms with E-state index in [2.05, 4.69) is 0 Å². The number of halogens is 1. The third-order valence-electron chi connectivity index (χ3n) is 2.65. The molecule has 0 aromatic heterocycles. The molecule has 0 amide bonds. The number of benzene rings is 2. The molecular weight excluding hydrogens is 278 g/mol. The van der Waals surface area contributed by atoms with Crippen molar-refractivity contribution in [3.63, 3.8) is 0 Å². The molecule has 0 bridgehead atoms. The highest BCUT2D eigenvalue weighted by molar-refractivity contribution is 6.32. The molecular formula is C15H10ClNO3. The zero-order chi connectivity index (χ0) is 14.7. The lowest BCUT2D eigenvalue weighted by Crippen LogP contribution is -2.00. The standard InChI is InChI=1S/C15H10ClNO3/c1-9-2-4-13(11(6-9)15(18)19)20-14-5-3-10(8-17)7-12(14)16/h2-7H,1H3,(H,18,19). The van der Waals surface area contributed by atoms with Crippen LogP contribution < -0.4 is 4.74 Å². The lowest BCUT2D eigenvalue weighted by molar-refractivity contribution is 0.0694. The largest absolute Gasteiger partial charge is 0.478 e. The van der Waals surface area contributed by atoms with Gasteiger partial charge in [0.1, 0.15) is 17.1 Å². The third-order valence-corrected chi connectivity index (χ3v) is 2.94. The van der Waals surface area contributed by atoms with Gasteiger partial charge in [0, 0.05) is 0 Å². The molecule has 0 heterocycles. The van der Waals surface area contributed by atoms with E-state index in [1.165, 1.54) is 18.2 Å². The number of aromatic carboxylic acids is 1.